The molecular weight excluding hydrogens is 547 g/mol. The van der Waals surface area contributed by atoms with Crippen molar-refractivity contribution >= 4 is 23.3 Å². The number of aryl methyl sites for hydroxylation is 1. The van der Waals surface area contributed by atoms with E-state index in [2.05, 4.69) is 10.1 Å². The number of carbonyl (C=O) groups is 1. The third-order valence-electron chi connectivity index (χ3n) is 6.78. The fourth-order valence-corrected chi connectivity index (χ4v) is 5.06. The minimum absolute atomic E-state index is 0.0587. The van der Waals surface area contributed by atoms with Crippen molar-refractivity contribution in [2.45, 2.75) is 65.5 Å². The molecule has 40 heavy (non-hydrogen) atoms. The van der Waals surface area contributed by atoms with Crippen LogP contribution < -0.4 is 9.64 Å². The average molecular weight is 576 g/mol. The van der Waals surface area contributed by atoms with Crippen molar-refractivity contribution in [3.63, 3.8) is 0 Å². The summed E-state index contributed by atoms with van der Waals surface area (Å²) in [6.45, 7) is 8.20. The summed E-state index contributed by atoms with van der Waals surface area (Å²) in [6.07, 6.45) is -1.72. The van der Waals surface area contributed by atoms with Crippen molar-refractivity contribution in [2.24, 2.45) is 0 Å². The Morgan fingerprint density at radius 1 is 1.12 bits per heavy atom. The number of alkyl halides is 3. The third kappa shape index (κ3) is 4.96. The Morgan fingerprint density at radius 2 is 1.88 bits per heavy atom. The topological polar surface area (TPSA) is 83.0 Å². The number of hydrogen-bond donors (Lipinski definition) is 0. The SMILES string of the molecule is COc1cc(CN2C(=O)CCn3nc(-c4c(Cl)cnn4C(C)C)cc32)ccc1-c1nc(C(F)(F)F)cn1C(C)C. The van der Waals surface area contributed by atoms with Crippen molar-refractivity contribution in [3.8, 4) is 28.5 Å². The molecule has 9 nitrogen and oxygen atoms in total. The van der Waals surface area contributed by atoms with Crippen LogP contribution in [0.5, 0.6) is 5.75 Å². The number of fused-ring (bicyclic) bond motifs is 1. The van der Waals surface area contributed by atoms with Gasteiger partial charge in [0.1, 0.15) is 28.8 Å². The molecule has 1 aromatic carbocycles. The lowest BCUT2D eigenvalue weighted by molar-refractivity contribution is -0.140. The highest BCUT2D eigenvalue weighted by Crippen LogP contribution is 2.38. The minimum atomic E-state index is -4.57. The Kier molecular flexibility index (Phi) is 7.15. The van der Waals surface area contributed by atoms with E-state index >= 15 is 0 Å². The van der Waals surface area contributed by atoms with Crippen LogP contribution in [0.25, 0.3) is 22.8 Å². The first-order valence-corrected chi connectivity index (χ1v) is 13.2. The third-order valence-corrected chi connectivity index (χ3v) is 7.06. The molecule has 13 heteroatoms. The second kappa shape index (κ2) is 10.3. The molecule has 0 fully saturated rings. The molecule has 4 aromatic rings. The van der Waals surface area contributed by atoms with E-state index in [1.54, 1.807) is 52.5 Å². The highest BCUT2D eigenvalue weighted by atomic mass is 35.5. The van der Waals surface area contributed by atoms with Gasteiger partial charge in [-0.3, -0.25) is 14.4 Å². The molecule has 1 amide bonds. The van der Waals surface area contributed by atoms with Gasteiger partial charge in [-0.1, -0.05) is 17.7 Å². The van der Waals surface area contributed by atoms with Gasteiger partial charge >= 0.3 is 6.18 Å². The van der Waals surface area contributed by atoms with E-state index in [0.29, 0.717) is 40.1 Å². The number of halogens is 4. The van der Waals surface area contributed by atoms with Crippen molar-refractivity contribution in [2.75, 3.05) is 12.0 Å². The number of hydrogen-bond acceptors (Lipinski definition) is 5. The summed E-state index contributed by atoms with van der Waals surface area (Å²) in [7, 11) is 1.45. The van der Waals surface area contributed by atoms with E-state index in [0.717, 1.165) is 11.8 Å². The fraction of sp³-hybridized carbons (Fsp3) is 0.407. The quantitative estimate of drug-likeness (QED) is 0.255. The minimum Gasteiger partial charge on any atom is -0.496 e. The molecule has 0 bridgehead atoms. The zero-order valence-electron chi connectivity index (χ0n) is 22.7. The van der Waals surface area contributed by atoms with Crippen LogP contribution in [-0.4, -0.2) is 42.1 Å². The van der Waals surface area contributed by atoms with Crippen LogP contribution in [0.4, 0.5) is 19.0 Å². The molecule has 4 heterocycles. The van der Waals surface area contributed by atoms with Gasteiger partial charge in [-0.15, -0.1) is 0 Å². The number of nitrogens with zero attached hydrogens (tertiary/aromatic N) is 7. The van der Waals surface area contributed by atoms with Crippen LogP contribution in [0.1, 0.15) is 57.5 Å². The second-order valence-corrected chi connectivity index (χ2v) is 10.6. The van der Waals surface area contributed by atoms with E-state index in [-0.39, 0.29) is 36.8 Å². The predicted molar refractivity (Wildman–Crippen MR) is 144 cm³/mol. The van der Waals surface area contributed by atoms with Gasteiger partial charge in [0.2, 0.25) is 5.91 Å². The van der Waals surface area contributed by atoms with Gasteiger partial charge in [-0.25, -0.2) is 9.67 Å². The summed E-state index contributed by atoms with van der Waals surface area (Å²) < 4.78 is 50.9. The van der Waals surface area contributed by atoms with E-state index in [4.69, 9.17) is 21.4 Å². The molecule has 1 aliphatic rings. The molecule has 0 aliphatic carbocycles. The Hall–Kier alpha value is -3.80. The maximum absolute atomic E-state index is 13.4. The Bertz CT molecular complexity index is 1570. The van der Waals surface area contributed by atoms with Gasteiger partial charge in [0.15, 0.2) is 5.69 Å². The molecule has 5 rings (SSSR count). The summed E-state index contributed by atoms with van der Waals surface area (Å²) in [5, 5.41) is 9.53. The number of amides is 1. The van der Waals surface area contributed by atoms with Gasteiger partial charge in [-0.05, 0) is 45.4 Å². The van der Waals surface area contributed by atoms with E-state index in [1.807, 2.05) is 19.9 Å². The van der Waals surface area contributed by atoms with Crippen molar-refractivity contribution in [3.05, 3.63) is 52.9 Å². The molecule has 0 N–H and O–H groups in total. The van der Waals surface area contributed by atoms with Gasteiger partial charge in [0.05, 0.1) is 37.0 Å². The van der Waals surface area contributed by atoms with Gasteiger partial charge < -0.3 is 9.30 Å². The first kappa shape index (κ1) is 27.8. The second-order valence-electron chi connectivity index (χ2n) is 10.2. The average Bonchev–Trinajstić information content (AvgIpc) is 3.61. The molecule has 1 aliphatic heterocycles. The van der Waals surface area contributed by atoms with Crippen LogP contribution >= 0.6 is 11.6 Å². The van der Waals surface area contributed by atoms with Gasteiger partial charge in [-0.2, -0.15) is 23.4 Å². The van der Waals surface area contributed by atoms with Crippen LogP contribution in [0.15, 0.2) is 36.7 Å². The highest BCUT2D eigenvalue weighted by Gasteiger charge is 2.36. The van der Waals surface area contributed by atoms with Crippen molar-refractivity contribution in [1.82, 2.24) is 29.1 Å². The zero-order chi connectivity index (χ0) is 28.9. The predicted octanol–water partition coefficient (Wildman–Crippen LogP) is 6.39. The monoisotopic (exact) mass is 575 g/mol. The molecule has 0 spiro atoms. The number of methoxy groups -OCH3 is 1. The number of benzene rings is 1. The fourth-order valence-electron chi connectivity index (χ4n) is 4.83. The van der Waals surface area contributed by atoms with Crippen LogP contribution in [0.3, 0.4) is 0 Å². The Labute approximate surface area is 234 Å². The van der Waals surface area contributed by atoms with E-state index in [9.17, 15) is 18.0 Å². The molecular formula is C27H29ClF3N7O2. The Morgan fingerprint density at radius 3 is 2.52 bits per heavy atom. The number of ether oxygens (including phenoxy) is 1. The highest BCUT2D eigenvalue weighted by molar-refractivity contribution is 6.33. The Balaban J connectivity index is 1.50. The number of aromatic nitrogens is 6. The summed E-state index contributed by atoms with van der Waals surface area (Å²) in [5.41, 5.74) is 1.47. The lowest BCUT2D eigenvalue weighted by atomic mass is 10.1. The molecule has 0 atom stereocenters. The first-order valence-electron chi connectivity index (χ1n) is 12.8. The molecule has 0 saturated heterocycles. The lowest BCUT2D eigenvalue weighted by Crippen LogP contribution is -2.36. The molecule has 0 radical (unpaired) electrons. The lowest BCUT2D eigenvalue weighted by Gasteiger charge is -2.27. The number of carbonyl (C=O) groups excluding carboxylic acids is 1. The van der Waals surface area contributed by atoms with Crippen LogP contribution in [0, 0.1) is 0 Å². The first-order chi connectivity index (χ1) is 18.9. The van der Waals surface area contributed by atoms with Crippen LogP contribution in [0.2, 0.25) is 5.02 Å². The number of imidazole rings is 1. The standard InChI is InChI=1S/C27H29ClF3N7O2/c1-15(2)35-14-22(27(29,30)31)33-26(35)18-7-6-17(10-21(18)40-5)13-36-23-11-20(34-37(23)9-8-24(36)39)25-19(28)12-32-38(25)16(3)4/h6-7,10-12,14-16H,8-9,13H2,1-5H3. The summed E-state index contributed by atoms with van der Waals surface area (Å²) in [4.78, 5) is 18.6. The number of rotatable bonds is 7. The van der Waals surface area contributed by atoms with Gasteiger partial charge in [0.25, 0.3) is 0 Å². The van der Waals surface area contributed by atoms with Gasteiger partial charge in [0, 0.05) is 30.8 Å². The number of anilines is 1. The molecule has 0 saturated carbocycles. The molecule has 3 aromatic heterocycles. The van der Waals surface area contributed by atoms with Crippen molar-refractivity contribution < 1.29 is 22.7 Å². The molecule has 0 unspecified atom stereocenters. The maximum atomic E-state index is 13.4. The largest absolute Gasteiger partial charge is 0.496 e. The summed E-state index contributed by atoms with van der Waals surface area (Å²) in [6, 6.07) is 6.78. The van der Waals surface area contributed by atoms with E-state index in [1.165, 1.54) is 11.7 Å². The maximum Gasteiger partial charge on any atom is 0.434 e. The molecule has 212 valence electrons. The zero-order valence-corrected chi connectivity index (χ0v) is 23.5. The van der Waals surface area contributed by atoms with Crippen molar-refractivity contribution in [1.29, 1.82) is 0 Å². The normalized spacial score (nSPS) is 14.0. The summed E-state index contributed by atoms with van der Waals surface area (Å²) >= 11 is 6.44. The summed E-state index contributed by atoms with van der Waals surface area (Å²) in [5.74, 6) is 1.05. The van der Waals surface area contributed by atoms with E-state index < -0.39 is 11.9 Å². The van der Waals surface area contributed by atoms with Crippen LogP contribution in [-0.2, 0) is 24.1 Å². The smallest absolute Gasteiger partial charge is 0.434 e.